The molecular formula is C21H27N3O4S. The van der Waals surface area contributed by atoms with Crippen LogP contribution < -0.4 is 5.32 Å². The Bertz CT molecular complexity index is 937. The molecule has 7 nitrogen and oxygen atoms in total. The first-order chi connectivity index (χ1) is 13.9. The third-order valence-electron chi connectivity index (χ3n) is 4.86. The van der Waals surface area contributed by atoms with Crippen LogP contribution in [0.3, 0.4) is 0 Å². The number of carbonyl (C=O) groups excluding carboxylic acids is 1. The fourth-order valence-corrected chi connectivity index (χ4v) is 4.02. The number of sulfonamides is 1. The van der Waals surface area contributed by atoms with Gasteiger partial charge in [0.05, 0.1) is 18.1 Å². The standard InChI is InChI=1S/C21H27N3O4S/c1-23(2)29(26,27)20-5-3-4-19(14-20)21(25)22-15-17-6-8-18(9-7-17)16-24-10-12-28-13-11-24/h3-9,14H,10-13,15-16H2,1-2H3,(H,22,25). The van der Waals surface area contributed by atoms with E-state index in [1.807, 2.05) is 12.1 Å². The summed E-state index contributed by atoms with van der Waals surface area (Å²) in [6.07, 6.45) is 0. The van der Waals surface area contributed by atoms with E-state index < -0.39 is 10.0 Å². The van der Waals surface area contributed by atoms with Gasteiger partial charge in [0.25, 0.3) is 5.91 Å². The molecule has 2 aromatic rings. The number of rotatable bonds is 7. The minimum Gasteiger partial charge on any atom is -0.379 e. The molecular weight excluding hydrogens is 390 g/mol. The summed E-state index contributed by atoms with van der Waals surface area (Å²) in [7, 11) is -0.649. The van der Waals surface area contributed by atoms with Gasteiger partial charge in [0.2, 0.25) is 10.0 Å². The number of benzene rings is 2. The number of hydrogen-bond acceptors (Lipinski definition) is 5. The molecule has 1 saturated heterocycles. The van der Waals surface area contributed by atoms with Crippen molar-refractivity contribution < 1.29 is 17.9 Å². The summed E-state index contributed by atoms with van der Waals surface area (Å²) in [5, 5.41) is 2.85. The van der Waals surface area contributed by atoms with Crippen LogP contribution in [0.1, 0.15) is 21.5 Å². The summed E-state index contributed by atoms with van der Waals surface area (Å²) in [5.41, 5.74) is 2.53. The number of morpholine rings is 1. The summed E-state index contributed by atoms with van der Waals surface area (Å²) < 4.78 is 31.0. The number of nitrogens with zero attached hydrogens (tertiary/aromatic N) is 2. The molecule has 0 radical (unpaired) electrons. The Morgan fingerprint density at radius 2 is 1.72 bits per heavy atom. The zero-order chi connectivity index (χ0) is 20.9. The smallest absolute Gasteiger partial charge is 0.251 e. The van der Waals surface area contributed by atoms with Crippen LogP contribution in [0.25, 0.3) is 0 Å². The minimum absolute atomic E-state index is 0.0996. The van der Waals surface area contributed by atoms with Gasteiger partial charge in [-0.15, -0.1) is 0 Å². The zero-order valence-corrected chi connectivity index (χ0v) is 17.6. The normalized spacial score (nSPS) is 15.4. The van der Waals surface area contributed by atoms with Crippen LogP contribution in [0.2, 0.25) is 0 Å². The largest absolute Gasteiger partial charge is 0.379 e. The molecule has 0 unspecified atom stereocenters. The highest BCUT2D eigenvalue weighted by molar-refractivity contribution is 7.89. The zero-order valence-electron chi connectivity index (χ0n) is 16.8. The van der Waals surface area contributed by atoms with E-state index in [0.29, 0.717) is 12.1 Å². The van der Waals surface area contributed by atoms with Crippen molar-refractivity contribution in [2.75, 3.05) is 40.4 Å². The third-order valence-corrected chi connectivity index (χ3v) is 6.67. The molecule has 1 aliphatic rings. The quantitative estimate of drug-likeness (QED) is 0.742. The van der Waals surface area contributed by atoms with Crippen molar-refractivity contribution in [3.8, 4) is 0 Å². The van der Waals surface area contributed by atoms with Crippen molar-refractivity contribution in [1.82, 2.24) is 14.5 Å². The summed E-state index contributed by atoms with van der Waals surface area (Å²) >= 11 is 0. The molecule has 0 bridgehead atoms. The number of nitrogens with one attached hydrogen (secondary N) is 1. The molecule has 0 atom stereocenters. The lowest BCUT2D eigenvalue weighted by Gasteiger charge is -2.26. The molecule has 0 aromatic heterocycles. The number of ether oxygens (including phenoxy) is 1. The number of hydrogen-bond donors (Lipinski definition) is 1. The summed E-state index contributed by atoms with van der Waals surface area (Å²) in [4.78, 5) is 14.9. The van der Waals surface area contributed by atoms with Crippen LogP contribution in [0, 0.1) is 0 Å². The van der Waals surface area contributed by atoms with Crippen molar-refractivity contribution >= 4 is 15.9 Å². The van der Waals surface area contributed by atoms with E-state index in [9.17, 15) is 13.2 Å². The van der Waals surface area contributed by atoms with Crippen molar-refractivity contribution in [3.05, 3.63) is 65.2 Å². The molecule has 3 rings (SSSR count). The monoisotopic (exact) mass is 417 g/mol. The van der Waals surface area contributed by atoms with Crippen molar-refractivity contribution in [2.45, 2.75) is 18.0 Å². The van der Waals surface area contributed by atoms with Gasteiger partial charge in [0.1, 0.15) is 0 Å². The highest BCUT2D eigenvalue weighted by atomic mass is 32.2. The SMILES string of the molecule is CN(C)S(=O)(=O)c1cccc(C(=O)NCc2ccc(CN3CCOCC3)cc2)c1. The lowest BCUT2D eigenvalue weighted by atomic mass is 10.1. The molecule has 29 heavy (non-hydrogen) atoms. The van der Waals surface area contributed by atoms with Gasteiger partial charge in [-0.3, -0.25) is 9.69 Å². The molecule has 0 spiro atoms. The van der Waals surface area contributed by atoms with E-state index >= 15 is 0 Å². The minimum atomic E-state index is -3.58. The topological polar surface area (TPSA) is 79.0 Å². The number of amides is 1. The van der Waals surface area contributed by atoms with Crippen LogP contribution in [0.15, 0.2) is 53.4 Å². The Morgan fingerprint density at radius 3 is 2.38 bits per heavy atom. The van der Waals surface area contributed by atoms with Crippen molar-refractivity contribution in [2.24, 2.45) is 0 Å². The molecule has 1 amide bonds. The molecule has 1 heterocycles. The van der Waals surface area contributed by atoms with E-state index in [0.717, 1.165) is 42.7 Å². The van der Waals surface area contributed by atoms with Crippen molar-refractivity contribution in [1.29, 1.82) is 0 Å². The first kappa shape index (κ1) is 21.4. The second kappa shape index (κ2) is 9.49. The predicted molar refractivity (Wildman–Crippen MR) is 111 cm³/mol. The molecule has 0 aliphatic carbocycles. The Kier molecular flexibility index (Phi) is 7.02. The van der Waals surface area contributed by atoms with Crippen LogP contribution >= 0.6 is 0 Å². The lowest BCUT2D eigenvalue weighted by molar-refractivity contribution is 0.0342. The van der Waals surface area contributed by atoms with Crippen LogP contribution in [0.4, 0.5) is 0 Å². The van der Waals surface area contributed by atoms with Gasteiger partial charge in [-0.05, 0) is 29.3 Å². The maximum absolute atomic E-state index is 12.5. The molecule has 0 saturated carbocycles. The average Bonchev–Trinajstić information content (AvgIpc) is 2.73. The third kappa shape index (κ3) is 5.63. The Morgan fingerprint density at radius 1 is 1.07 bits per heavy atom. The summed E-state index contributed by atoms with van der Waals surface area (Å²) in [5.74, 6) is -0.307. The first-order valence-corrected chi connectivity index (χ1v) is 11.0. The van der Waals surface area contributed by atoms with Gasteiger partial charge >= 0.3 is 0 Å². The second-order valence-corrected chi connectivity index (χ2v) is 9.35. The van der Waals surface area contributed by atoms with E-state index in [2.05, 4.69) is 22.3 Å². The fourth-order valence-electron chi connectivity index (χ4n) is 3.07. The van der Waals surface area contributed by atoms with E-state index in [-0.39, 0.29) is 10.8 Å². The molecule has 1 aliphatic heterocycles. The van der Waals surface area contributed by atoms with E-state index in [1.54, 1.807) is 12.1 Å². The molecule has 1 N–H and O–H groups in total. The Balaban J connectivity index is 1.58. The molecule has 1 fully saturated rings. The lowest BCUT2D eigenvalue weighted by Crippen LogP contribution is -2.35. The van der Waals surface area contributed by atoms with E-state index in [4.69, 9.17) is 4.74 Å². The number of carbonyl (C=O) groups is 1. The van der Waals surface area contributed by atoms with Gasteiger partial charge < -0.3 is 10.1 Å². The van der Waals surface area contributed by atoms with Crippen LogP contribution in [0.5, 0.6) is 0 Å². The van der Waals surface area contributed by atoms with Crippen LogP contribution in [-0.4, -0.2) is 63.9 Å². The molecule has 2 aromatic carbocycles. The average molecular weight is 418 g/mol. The predicted octanol–water partition coefficient (Wildman–Crippen LogP) is 1.70. The highest BCUT2D eigenvalue weighted by Gasteiger charge is 2.18. The Hall–Kier alpha value is -2.26. The maximum atomic E-state index is 12.5. The second-order valence-electron chi connectivity index (χ2n) is 7.20. The molecule has 8 heteroatoms. The van der Waals surface area contributed by atoms with Gasteiger partial charge in [0, 0.05) is 45.8 Å². The Labute approximate surface area is 172 Å². The summed E-state index contributed by atoms with van der Waals surface area (Å²) in [6.45, 7) is 4.72. The first-order valence-electron chi connectivity index (χ1n) is 9.55. The van der Waals surface area contributed by atoms with Gasteiger partial charge in [0.15, 0.2) is 0 Å². The summed E-state index contributed by atoms with van der Waals surface area (Å²) in [6, 6.07) is 14.2. The van der Waals surface area contributed by atoms with Gasteiger partial charge in [-0.25, -0.2) is 12.7 Å². The fraction of sp³-hybridized carbons (Fsp3) is 0.381. The highest BCUT2D eigenvalue weighted by Crippen LogP contribution is 2.15. The van der Waals surface area contributed by atoms with Crippen LogP contribution in [-0.2, 0) is 27.8 Å². The molecule has 156 valence electrons. The van der Waals surface area contributed by atoms with Gasteiger partial charge in [-0.1, -0.05) is 30.3 Å². The van der Waals surface area contributed by atoms with Gasteiger partial charge in [-0.2, -0.15) is 0 Å². The van der Waals surface area contributed by atoms with E-state index in [1.165, 1.54) is 31.8 Å². The van der Waals surface area contributed by atoms with Crippen molar-refractivity contribution in [3.63, 3.8) is 0 Å². The maximum Gasteiger partial charge on any atom is 0.251 e.